The first kappa shape index (κ1) is 13.2. The minimum atomic E-state index is 0.435. The van der Waals surface area contributed by atoms with Crippen molar-refractivity contribution in [3.05, 3.63) is 71.3 Å². The summed E-state index contributed by atoms with van der Waals surface area (Å²) in [6, 6.07) is 19.7. The maximum atomic E-state index is 10.0. The van der Waals surface area contributed by atoms with E-state index in [0.29, 0.717) is 11.1 Å². The summed E-state index contributed by atoms with van der Waals surface area (Å²) in [5.74, 6) is 0. The summed E-state index contributed by atoms with van der Waals surface area (Å²) >= 11 is 0. The molecule has 0 saturated heterocycles. The molecule has 0 N–H and O–H groups in total. The normalized spacial score (nSPS) is 8.11. The van der Waals surface area contributed by atoms with E-state index in [0.717, 1.165) is 11.8 Å². The van der Waals surface area contributed by atoms with Crippen LogP contribution in [0, 0.1) is 22.7 Å². The fraction of sp³-hybridized carbons (Fsp3) is 0. The summed E-state index contributed by atoms with van der Waals surface area (Å²) in [4.78, 5) is 10.0. The molecule has 2 aromatic rings. The molecule has 0 spiro atoms. The quantitative estimate of drug-likeness (QED) is 0.712. The SMILES string of the molecule is N#Cc1ccccc1C#N.O=Cc1ccccc1. The number of carbonyl (C=O) groups excluding carboxylic acids is 1. The van der Waals surface area contributed by atoms with E-state index in [2.05, 4.69) is 0 Å². The minimum Gasteiger partial charge on any atom is -0.298 e. The van der Waals surface area contributed by atoms with Crippen LogP contribution in [0.25, 0.3) is 0 Å². The van der Waals surface area contributed by atoms with Crippen LogP contribution >= 0.6 is 0 Å². The van der Waals surface area contributed by atoms with E-state index in [9.17, 15) is 4.79 Å². The lowest BCUT2D eigenvalue weighted by Gasteiger charge is -1.88. The van der Waals surface area contributed by atoms with Gasteiger partial charge < -0.3 is 0 Å². The molecule has 2 rings (SSSR count). The molecule has 0 unspecified atom stereocenters. The van der Waals surface area contributed by atoms with Gasteiger partial charge in [-0.05, 0) is 12.1 Å². The predicted molar refractivity (Wildman–Crippen MR) is 67.7 cm³/mol. The van der Waals surface area contributed by atoms with E-state index in [-0.39, 0.29) is 0 Å². The van der Waals surface area contributed by atoms with Crippen molar-refractivity contribution in [2.75, 3.05) is 0 Å². The van der Waals surface area contributed by atoms with Gasteiger partial charge in [-0.15, -0.1) is 0 Å². The van der Waals surface area contributed by atoms with Crippen molar-refractivity contribution in [1.29, 1.82) is 10.5 Å². The Balaban J connectivity index is 0.000000184. The Morgan fingerprint density at radius 1 is 0.778 bits per heavy atom. The van der Waals surface area contributed by atoms with Gasteiger partial charge in [0.25, 0.3) is 0 Å². The molecule has 3 nitrogen and oxygen atoms in total. The molecule has 18 heavy (non-hydrogen) atoms. The summed E-state index contributed by atoms with van der Waals surface area (Å²) in [5, 5.41) is 16.9. The average molecular weight is 234 g/mol. The second-order valence-corrected chi connectivity index (χ2v) is 3.30. The van der Waals surface area contributed by atoms with Gasteiger partial charge in [-0.3, -0.25) is 4.79 Å². The van der Waals surface area contributed by atoms with Crippen molar-refractivity contribution in [3.8, 4) is 12.1 Å². The molecule has 0 radical (unpaired) electrons. The van der Waals surface area contributed by atoms with Gasteiger partial charge in [0.15, 0.2) is 0 Å². The van der Waals surface area contributed by atoms with Crippen LogP contribution in [0.15, 0.2) is 54.6 Å². The monoisotopic (exact) mass is 234 g/mol. The van der Waals surface area contributed by atoms with E-state index in [1.54, 1.807) is 36.4 Å². The van der Waals surface area contributed by atoms with Gasteiger partial charge in [0, 0.05) is 5.56 Å². The van der Waals surface area contributed by atoms with Crippen LogP contribution in [0.2, 0.25) is 0 Å². The van der Waals surface area contributed by atoms with Gasteiger partial charge in [-0.25, -0.2) is 0 Å². The molecule has 0 aliphatic carbocycles. The molecule has 0 aliphatic rings. The molecular weight excluding hydrogens is 224 g/mol. The van der Waals surface area contributed by atoms with E-state index in [1.165, 1.54) is 0 Å². The molecule has 0 aromatic heterocycles. The Morgan fingerprint density at radius 3 is 1.56 bits per heavy atom. The third-order valence-corrected chi connectivity index (χ3v) is 2.10. The Morgan fingerprint density at radius 2 is 1.22 bits per heavy atom. The summed E-state index contributed by atoms with van der Waals surface area (Å²) in [6.07, 6.45) is 0.833. The van der Waals surface area contributed by atoms with Crippen molar-refractivity contribution in [1.82, 2.24) is 0 Å². The van der Waals surface area contributed by atoms with Crippen LogP contribution in [0.1, 0.15) is 21.5 Å². The summed E-state index contributed by atoms with van der Waals surface area (Å²) in [7, 11) is 0. The highest BCUT2D eigenvalue weighted by atomic mass is 16.1. The molecule has 2 aromatic carbocycles. The molecule has 3 heteroatoms. The highest BCUT2D eigenvalue weighted by molar-refractivity contribution is 5.74. The van der Waals surface area contributed by atoms with Crippen LogP contribution in [-0.4, -0.2) is 6.29 Å². The Bertz CT molecular complexity index is 559. The lowest BCUT2D eigenvalue weighted by Crippen LogP contribution is -1.79. The maximum Gasteiger partial charge on any atom is 0.150 e. The number of benzene rings is 2. The number of carbonyl (C=O) groups is 1. The number of nitrogens with zero attached hydrogens (tertiary/aromatic N) is 2. The van der Waals surface area contributed by atoms with Crippen LogP contribution < -0.4 is 0 Å². The Kier molecular flexibility index (Phi) is 5.39. The number of aldehydes is 1. The predicted octanol–water partition coefficient (Wildman–Crippen LogP) is 2.93. The molecular formula is C15H10N2O. The number of nitriles is 2. The third kappa shape index (κ3) is 3.92. The number of hydrogen-bond acceptors (Lipinski definition) is 3. The third-order valence-electron chi connectivity index (χ3n) is 2.10. The lowest BCUT2D eigenvalue weighted by molar-refractivity contribution is 0.112. The van der Waals surface area contributed by atoms with Gasteiger partial charge in [-0.2, -0.15) is 10.5 Å². The van der Waals surface area contributed by atoms with E-state index >= 15 is 0 Å². The fourth-order valence-corrected chi connectivity index (χ4v) is 1.21. The smallest absolute Gasteiger partial charge is 0.150 e. The van der Waals surface area contributed by atoms with E-state index < -0.39 is 0 Å². The topological polar surface area (TPSA) is 64.7 Å². The maximum absolute atomic E-state index is 10.0. The molecule has 0 amide bonds. The largest absolute Gasteiger partial charge is 0.298 e. The van der Waals surface area contributed by atoms with Crippen LogP contribution in [0.3, 0.4) is 0 Å². The van der Waals surface area contributed by atoms with Crippen LogP contribution in [0.4, 0.5) is 0 Å². The van der Waals surface area contributed by atoms with Gasteiger partial charge in [-0.1, -0.05) is 42.5 Å². The van der Waals surface area contributed by atoms with Crippen molar-refractivity contribution in [2.24, 2.45) is 0 Å². The zero-order valence-electron chi connectivity index (χ0n) is 9.58. The van der Waals surface area contributed by atoms with Crippen molar-refractivity contribution in [2.45, 2.75) is 0 Å². The second kappa shape index (κ2) is 7.38. The minimum absolute atomic E-state index is 0.435. The molecule has 0 heterocycles. The van der Waals surface area contributed by atoms with Crippen molar-refractivity contribution in [3.63, 3.8) is 0 Å². The molecule has 0 aliphatic heterocycles. The highest BCUT2D eigenvalue weighted by Crippen LogP contribution is 2.03. The van der Waals surface area contributed by atoms with Crippen molar-refractivity contribution < 1.29 is 4.79 Å². The Hall–Kier alpha value is -2.91. The number of rotatable bonds is 1. The van der Waals surface area contributed by atoms with Gasteiger partial charge in [0.05, 0.1) is 11.1 Å². The first-order valence-electron chi connectivity index (χ1n) is 5.21. The molecule has 0 bridgehead atoms. The zero-order chi connectivity index (χ0) is 13.2. The fourth-order valence-electron chi connectivity index (χ4n) is 1.21. The lowest BCUT2D eigenvalue weighted by atomic mass is 10.1. The molecule has 0 fully saturated rings. The van der Waals surface area contributed by atoms with Gasteiger partial charge in [0.2, 0.25) is 0 Å². The summed E-state index contributed by atoms with van der Waals surface area (Å²) < 4.78 is 0. The summed E-state index contributed by atoms with van der Waals surface area (Å²) in [5.41, 5.74) is 1.60. The van der Waals surface area contributed by atoms with Crippen molar-refractivity contribution >= 4 is 6.29 Å². The molecule has 0 atom stereocenters. The standard InChI is InChI=1S/C8H4N2.C7H6O/c9-5-7-3-1-2-4-8(7)6-10;8-6-7-4-2-1-3-5-7/h1-4H;1-6H. The molecule has 0 saturated carbocycles. The number of hydrogen-bond donors (Lipinski definition) is 0. The van der Waals surface area contributed by atoms with Gasteiger partial charge in [0.1, 0.15) is 18.4 Å². The Labute approximate surface area is 106 Å². The highest BCUT2D eigenvalue weighted by Gasteiger charge is 1.95. The van der Waals surface area contributed by atoms with E-state index in [4.69, 9.17) is 10.5 Å². The van der Waals surface area contributed by atoms with E-state index in [1.807, 2.05) is 30.3 Å². The average Bonchev–Trinajstić information content (AvgIpc) is 2.48. The molecule has 86 valence electrons. The summed E-state index contributed by atoms with van der Waals surface area (Å²) in [6.45, 7) is 0. The van der Waals surface area contributed by atoms with Crippen LogP contribution in [-0.2, 0) is 0 Å². The zero-order valence-corrected chi connectivity index (χ0v) is 9.58. The van der Waals surface area contributed by atoms with Gasteiger partial charge >= 0.3 is 0 Å². The first-order chi connectivity index (χ1) is 8.81. The first-order valence-corrected chi connectivity index (χ1v) is 5.21. The second-order valence-electron chi connectivity index (χ2n) is 3.30. The van der Waals surface area contributed by atoms with Crippen LogP contribution in [0.5, 0.6) is 0 Å².